The first-order chi connectivity index (χ1) is 9.61. The smallest absolute Gasteiger partial charge is 0.336 e. The molecule has 4 heteroatoms. The topological polar surface area (TPSA) is 74.6 Å². The summed E-state index contributed by atoms with van der Waals surface area (Å²) < 4.78 is 0. The standard InChI is InChI=1S/C16H10O4/c17-14-10-7-4-8-11(16(19)20)13(10)15(18)12(14)9-5-2-1-3-6-9/h1-8,17H,(H,19,20). The number of hydrogen-bond acceptors (Lipinski definition) is 3. The highest BCUT2D eigenvalue weighted by molar-refractivity contribution is 6.40. The lowest BCUT2D eigenvalue weighted by Gasteiger charge is -2.03. The third kappa shape index (κ3) is 1.62. The summed E-state index contributed by atoms with van der Waals surface area (Å²) in [6.07, 6.45) is 0. The van der Waals surface area contributed by atoms with Crippen molar-refractivity contribution in [2.75, 3.05) is 0 Å². The zero-order chi connectivity index (χ0) is 14.3. The first-order valence-electron chi connectivity index (χ1n) is 6.01. The molecule has 0 saturated heterocycles. The number of aliphatic hydroxyl groups excluding tert-OH is 1. The van der Waals surface area contributed by atoms with E-state index in [1.165, 1.54) is 12.1 Å². The molecule has 2 N–H and O–H groups in total. The maximum atomic E-state index is 12.5. The van der Waals surface area contributed by atoms with E-state index in [0.29, 0.717) is 5.56 Å². The quantitative estimate of drug-likeness (QED) is 0.876. The third-order valence-electron chi connectivity index (χ3n) is 3.30. The van der Waals surface area contributed by atoms with Crippen LogP contribution in [0.4, 0.5) is 0 Å². The predicted molar refractivity (Wildman–Crippen MR) is 73.6 cm³/mol. The van der Waals surface area contributed by atoms with Crippen LogP contribution in [0.25, 0.3) is 11.3 Å². The number of hydrogen-bond donors (Lipinski definition) is 2. The number of aliphatic hydroxyl groups is 1. The van der Waals surface area contributed by atoms with Crippen LogP contribution >= 0.6 is 0 Å². The van der Waals surface area contributed by atoms with Crippen molar-refractivity contribution in [3.05, 3.63) is 70.8 Å². The highest BCUT2D eigenvalue weighted by Gasteiger charge is 2.34. The van der Waals surface area contributed by atoms with Crippen LogP contribution in [-0.2, 0) is 0 Å². The van der Waals surface area contributed by atoms with Gasteiger partial charge in [0.15, 0.2) is 5.78 Å². The molecule has 0 heterocycles. The second-order valence-corrected chi connectivity index (χ2v) is 4.45. The molecule has 1 aliphatic rings. The maximum Gasteiger partial charge on any atom is 0.336 e. The number of carbonyl (C=O) groups excluding carboxylic acids is 1. The van der Waals surface area contributed by atoms with Crippen LogP contribution in [0.1, 0.15) is 31.8 Å². The summed E-state index contributed by atoms with van der Waals surface area (Å²) in [5, 5.41) is 19.4. The summed E-state index contributed by atoms with van der Waals surface area (Å²) in [5.41, 5.74) is 0.951. The van der Waals surface area contributed by atoms with E-state index < -0.39 is 11.8 Å². The van der Waals surface area contributed by atoms with Gasteiger partial charge in [0, 0.05) is 11.1 Å². The number of aromatic carboxylic acids is 1. The summed E-state index contributed by atoms with van der Waals surface area (Å²) in [6, 6.07) is 13.1. The van der Waals surface area contributed by atoms with Gasteiger partial charge in [0.2, 0.25) is 0 Å². The van der Waals surface area contributed by atoms with Gasteiger partial charge in [-0.25, -0.2) is 4.79 Å². The van der Waals surface area contributed by atoms with Crippen molar-refractivity contribution in [2.45, 2.75) is 0 Å². The van der Waals surface area contributed by atoms with E-state index in [0.717, 1.165) is 0 Å². The van der Waals surface area contributed by atoms with Crippen LogP contribution in [0.5, 0.6) is 0 Å². The lowest BCUT2D eigenvalue weighted by molar-refractivity contribution is 0.0693. The van der Waals surface area contributed by atoms with Gasteiger partial charge in [0.25, 0.3) is 0 Å². The van der Waals surface area contributed by atoms with Crippen LogP contribution in [0.15, 0.2) is 48.5 Å². The van der Waals surface area contributed by atoms with Crippen LogP contribution in [-0.4, -0.2) is 22.0 Å². The molecule has 3 rings (SSSR count). The second-order valence-electron chi connectivity index (χ2n) is 4.45. The Bertz CT molecular complexity index is 757. The van der Waals surface area contributed by atoms with Gasteiger partial charge >= 0.3 is 5.97 Å². The molecule has 0 fully saturated rings. The molecule has 4 nitrogen and oxygen atoms in total. The van der Waals surface area contributed by atoms with Crippen molar-refractivity contribution in [3.63, 3.8) is 0 Å². The Hall–Kier alpha value is -2.88. The van der Waals surface area contributed by atoms with E-state index in [1.54, 1.807) is 36.4 Å². The number of carbonyl (C=O) groups is 2. The number of rotatable bonds is 2. The number of benzene rings is 2. The molecule has 0 radical (unpaired) electrons. The van der Waals surface area contributed by atoms with E-state index >= 15 is 0 Å². The van der Waals surface area contributed by atoms with Gasteiger partial charge < -0.3 is 10.2 Å². The Morgan fingerprint density at radius 3 is 2.30 bits per heavy atom. The van der Waals surface area contributed by atoms with E-state index in [1.807, 2.05) is 0 Å². The summed E-state index contributed by atoms with van der Waals surface area (Å²) in [7, 11) is 0. The van der Waals surface area contributed by atoms with Gasteiger partial charge in [-0.2, -0.15) is 0 Å². The number of carboxylic acids is 1. The van der Waals surface area contributed by atoms with Gasteiger partial charge in [0.05, 0.1) is 11.1 Å². The molecule has 0 bridgehead atoms. The number of fused-ring (bicyclic) bond motifs is 1. The average molecular weight is 266 g/mol. The van der Waals surface area contributed by atoms with Crippen molar-refractivity contribution in [1.82, 2.24) is 0 Å². The minimum absolute atomic E-state index is 0.0522. The minimum Gasteiger partial charge on any atom is -0.507 e. The highest BCUT2D eigenvalue weighted by atomic mass is 16.4. The lowest BCUT2D eigenvalue weighted by Crippen LogP contribution is -2.07. The Kier molecular flexibility index (Phi) is 2.64. The summed E-state index contributed by atoms with van der Waals surface area (Å²) in [6.45, 7) is 0. The maximum absolute atomic E-state index is 12.5. The van der Waals surface area contributed by atoms with E-state index in [9.17, 15) is 14.7 Å². The zero-order valence-electron chi connectivity index (χ0n) is 10.3. The van der Waals surface area contributed by atoms with Crippen molar-refractivity contribution in [3.8, 4) is 0 Å². The minimum atomic E-state index is -1.18. The summed E-state index contributed by atoms with van der Waals surface area (Å²) >= 11 is 0. The Morgan fingerprint density at radius 2 is 1.65 bits per heavy atom. The molecule has 98 valence electrons. The first-order valence-corrected chi connectivity index (χ1v) is 6.01. The molecule has 0 unspecified atom stereocenters. The largest absolute Gasteiger partial charge is 0.507 e. The van der Waals surface area contributed by atoms with Crippen LogP contribution < -0.4 is 0 Å². The lowest BCUT2D eigenvalue weighted by atomic mass is 9.98. The fourth-order valence-corrected chi connectivity index (χ4v) is 2.41. The summed E-state index contributed by atoms with van der Waals surface area (Å²) in [4.78, 5) is 23.7. The number of carboxylic acid groups (broad SMARTS) is 1. The number of allylic oxidation sites excluding steroid dienone is 1. The SMILES string of the molecule is O=C(O)c1cccc2c1C(=O)C(c1ccccc1)=C2O. The average Bonchev–Trinajstić information content (AvgIpc) is 2.72. The molecular formula is C16H10O4. The van der Waals surface area contributed by atoms with Crippen molar-refractivity contribution in [2.24, 2.45) is 0 Å². The highest BCUT2D eigenvalue weighted by Crippen LogP contribution is 2.38. The summed E-state index contributed by atoms with van der Waals surface area (Å²) in [5.74, 6) is -1.81. The molecular weight excluding hydrogens is 256 g/mol. The van der Waals surface area contributed by atoms with Crippen molar-refractivity contribution in [1.29, 1.82) is 0 Å². The first kappa shape index (κ1) is 12.2. The Morgan fingerprint density at radius 1 is 0.950 bits per heavy atom. The molecule has 20 heavy (non-hydrogen) atoms. The van der Waals surface area contributed by atoms with Crippen LogP contribution in [0, 0.1) is 0 Å². The molecule has 0 spiro atoms. The third-order valence-corrected chi connectivity index (χ3v) is 3.30. The molecule has 0 atom stereocenters. The zero-order valence-corrected chi connectivity index (χ0v) is 10.3. The molecule has 0 aliphatic heterocycles. The van der Waals surface area contributed by atoms with Gasteiger partial charge in [0.1, 0.15) is 5.76 Å². The van der Waals surface area contributed by atoms with Gasteiger partial charge in [-0.1, -0.05) is 42.5 Å². The van der Waals surface area contributed by atoms with E-state index in [-0.39, 0.29) is 28.0 Å². The van der Waals surface area contributed by atoms with Crippen molar-refractivity contribution < 1.29 is 19.8 Å². The monoisotopic (exact) mass is 266 g/mol. The predicted octanol–water partition coefficient (Wildman–Crippen LogP) is 3.01. The number of ketones is 1. The van der Waals surface area contributed by atoms with Crippen LogP contribution in [0.3, 0.4) is 0 Å². The van der Waals surface area contributed by atoms with Crippen LogP contribution in [0.2, 0.25) is 0 Å². The Labute approximate surface area is 114 Å². The molecule has 0 saturated carbocycles. The second kappa shape index (κ2) is 4.35. The van der Waals surface area contributed by atoms with E-state index in [4.69, 9.17) is 5.11 Å². The number of Topliss-reactive ketones (excluding diaryl/α,β-unsaturated/α-hetero) is 1. The molecule has 2 aromatic carbocycles. The fraction of sp³-hybridized carbons (Fsp3) is 0. The van der Waals surface area contributed by atoms with Gasteiger partial charge in [-0.15, -0.1) is 0 Å². The van der Waals surface area contributed by atoms with E-state index in [2.05, 4.69) is 0 Å². The normalized spacial score (nSPS) is 13.5. The molecule has 1 aliphatic carbocycles. The molecule has 2 aromatic rings. The van der Waals surface area contributed by atoms with Gasteiger partial charge in [-0.3, -0.25) is 4.79 Å². The molecule has 0 amide bonds. The fourth-order valence-electron chi connectivity index (χ4n) is 2.41. The van der Waals surface area contributed by atoms with Crippen molar-refractivity contribution >= 4 is 23.1 Å². The Balaban J connectivity index is 2.24. The van der Waals surface area contributed by atoms with Gasteiger partial charge in [-0.05, 0) is 11.6 Å². The molecule has 0 aromatic heterocycles.